The van der Waals surface area contributed by atoms with Crippen LogP contribution in [0.3, 0.4) is 0 Å². The Labute approximate surface area is 122 Å². The molecule has 1 aromatic carbocycles. The summed E-state index contributed by atoms with van der Waals surface area (Å²) < 4.78 is 15.3. The molecule has 112 valence electrons. The third-order valence-corrected chi connectivity index (χ3v) is 2.77. The van der Waals surface area contributed by atoms with Crippen molar-refractivity contribution in [3.63, 3.8) is 0 Å². The zero-order valence-corrected chi connectivity index (χ0v) is 12.1. The van der Waals surface area contributed by atoms with Crippen LogP contribution in [-0.4, -0.2) is 25.4 Å². The van der Waals surface area contributed by atoms with Gasteiger partial charge in [0.25, 0.3) is 0 Å². The normalized spacial score (nSPS) is 10.0. The fourth-order valence-electron chi connectivity index (χ4n) is 1.75. The number of anilines is 1. The fraction of sp³-hybridized carbons (Fsp3) is 0.286. The number of benzene rings is 1. The van der Waals surface area contributed by atoms with Gasteiger partial charge in [0, 0.05) is 12.6 Å². The maximum Gasteiger partial charge on any atom is 0.321 e. The van der Waals surface area contributed by atoms with E-state index in [-0.39, 0.29) is 6.03 Å². The minimum absolute atomic E-state index is 0.303. The van der Waals surface area contributed by atoms with Crippen molar-refractivity contribution in [3.8, 4) is 11.5 Å². The van der Waals surface area contributed by atoms with E-state index in [9.17, 15) is 4.79 Å². The molecule has 0 radical (unpaired) electrons. The largest absolute Gasteiger partial charge is 0.493 e. The van der Waals surface area contributed by atoms with Crippen LogP contribution in [0.1, 0.15) is 11.3 Å². The van der Waals surface area contributed by atoms with Crippen LogP contribution in [-0.2, 0) is 6.54 Å². The molecule has 0 bridgehead atoms. The summed E-state index contributed by atoms with van der Waals surface area (Å²) in [4.78, 5) is 11.7. The summed E-state index contributed by atoms with van der Waals surface area (Å²) in [6, 6.07) is 6.70. The van der Waals surface area contributed by atoms with E-state index in [1.807, 2.05) is 6.07 Å². The van der Waals surface area contributed by atoms with Crippen LogP contribution in [0.2, 0.25) is 0 Å². The molecule has 21 heavy (non-hydrogen) atoms. The summed E-state index contributed by atoms with van der Waals surface area (Å²) in [5.74, 6) is 1.56. The molecule has 1 heterocycles. The van der Waals surface area contributed by atoms with Crippen molar-refractivity contribution in [2.24, 2.45) is 0 Å². The molecule has 2 amide bonds. The Bertz CT molecular complexity index is 624. The molecule has 0 aliphatic carbocycles. The van der Waals surface area contributed by atoms with E-state index < -0.39 is 0 Å². The van der Waals surface area contributed by atoms with Gasteiger partial charge in [-0.15, -0.1) is 0 Å². The molecule has 0 unspecified atom stereocenters. The highest BCUT2D eigenvalue weighted by atomic mass is 16.5. The van der Waals surface area contributed by atoms with Gasteiger partial charge < -0.3 is 19.3 Å². The summed E-state index contributed by atoms with van der Waals surface area (Å²) in [5, 5.41) is 8.94. The van der Waals surface area contributed by atoms with Crippen LogP contribution in [0.4, 0.5) is 10.7 Å². The lowest BCUT2D eigenvalue weighted by molar-refractivity contribution is 0.250. The number of aryl methyl sites for hydroxylation is 1. The first kappa shape index (κ1) is 14.7. The number of nitrogens with one attached hydrogen (secondary N) is 2. The number of nitrogens with zero attached hydrogens (tertiary/aromatic N) is 1. The number of ether oxygens (including phenoxy) is 2. The summed E-state index contributed by atoms with van der Waals surface area (Å²) in [6.07, 6.45) is 0. The number of urea groups is 1. The maximum atomic E-state index is 11.7. The van der Waals surface area contributed by atoms with E-state index in [2.05, 4.69) is 15.8 Å². The number of hydrogen-bond acceptors (Lipinski definition) is 5. The van der Waals surface area contributed by atoms with Crippen molar-refractivity contribution >= 4 is 11.9 Å². The number of carbonyl (C=O) groups is 1. The smallest absolute Gasteiger partial charge is 0.321 e. The molecule has 2 rings (SSSR count). The number of rotatable bonds is 5. The Balaban J connectivity index is 1.91. The van der Waals surface area contributed by atoms with Crippen molar-refractivity contribution in [2.75, 3.05) is 19.5 Å². The highest BCUT2D eigenvalue weighted by Crippen LogP contribution is 2.27. The molecule has 0 saturated carbocycles. The minimum Gasteiger partial charge on any atom is -0.493 e. The molecule has 2 N–H and O–H groups in total. The average Bonchev–Trinajstić information content (AvgIpc) is 2.89. The molecule has 0 saturated heterocycles. The van der Waals surface area contributed by atoms with E-state index in [0.29, 0.717) is 29.6 Å². The third kappa shape index (κ3) is 3.88. The molecule has 0 atom stereocenters. The van der Waals surface area contributed by atoms with Crippen molar-refractivity contribution < 1.29 is 18.8 Å². The van der Waals surface area contributed by atoms with Crippen molar-refractivity contribution in [3.05, 3.63) is 35.5 Å². The van der Waals surface area contributed by atoms with Crippen LogP contribution in [0.5, 0.6) is 11.5 Å². The molecule has 2 aromatic rings. The van der Waals surface area contributed by atoms with Crippen LogP contribution >= 0.6 is 0 Å². The highest BCUT2D eigenvalue weighted by Gasteiger charge is 2.08. The van der Waals surface area contributed by atoms with Gasteiger partial charge in [0.2, 0.25) is 5.88 Å². The van der Waals surface area contributed by atoms with Crippen LogP contribution < -0.4 is 20.1 Å². The second kappa shape index (κ2) is 6.65. The minimum atomic E-state index is -0.374. The first-order chi connectivity index (χ1) is 10.1. The lowest BCUT2D eigenvalue weighted by atomic mass is 10.2. The standard InChI is InChI=1S/C14H17N3O4/c1-9-6-13(21-17-9)16-14(18)15-8-10-4-5-11(19-2)12(7-10)20-3/h4-7H,8H2,1-3H3,(H2,15,16,18). The first-order valence-corrected chi connectivity index (χ1v) is 6.31. The van der Waals surface area contributed by atoms with Gasteiger partial charge >= 0.3 is 6.03 Å². The van der Waals surface area contributed by atoms with Gasteiger partial charge in [0.1, 0.15) is 0 Å². The van der Waals surface area contributed by atoms with Gasteiger partial charge in [-0.3, -0.25) is 5.32 Å². The van der Waals surface area contributed by atoms with E-state index in [0.717, 1.165) is 5.56 Å². The quantitative estimate of drug-likeness (QED) is 0.883. The molecule has 0 fully saturated rings. The van der Waals surface area contributed by atoms with Crippen LogP contribution in [0, 0.1) is 6.92 Å². The first-order valence-electron chi connectivity index (χ1n) is 6.31. The molecule has 1 aromatic heterocycles. The zero-order valence-electron chi connectivity index (χ0n) is 12.1. The van der Waals surface area contributed by atoms with Gasteiger partial charge in [-0.25, -0.2) is 4.79 Å². The Morgan fingerprint density at radius 3 is 2.62 bits per heavy atom. The SMILES string of the molecule is COc1ccc(CNC(=O)Nc2cc(C)no2)cc1OC. The van der Waals surface area contributed by atoms with Gasteiger partial charge in [0.15, 0.2) is 11.5 Å². The predicted molar refractivity (Wildman–Crippen MR) is 76.6 cm³/mol. The number of hydrogen-bond donors (Lipinski definition) is 2. The van der Waals surface area contributed by atoms with E-state index in [4.69, 9.17) is 14.0 Å². The molecule has 0 aliphatic rings. The Morgan fingerprint density at radius 1 is 1.24 bits per heavy atom. The van der Waals surface area contributed by atoms with Crippen LogP contribution in [0.25, 0.3) is 0 Å². The van der Waals surface area contributed by atoms with Crippen molar-refractivity contribution in [2.45, 2.75) is 13.5 Å². The van der Waals surface area contributed by atoms with E-state index in [1.54, 1.807) is 39.3 Å². The Kier molecular flexibility index (Phi) is 4.65. The monoisotopic (exact) mass is 291 g/mol. The number of methoxy groups -OCH3 is 2. The lowest BCUT2D eigenvalue weighted by Gasteiger charge is -2.10. The topological polar surface area (TPSA) is 85.6 Å². The van der Waals surface area contributed by atoms with Gasteiger partial charge in [-0.05, 0) is 24.6 Å². The Morgan fingerprint density at radius 2 is 2.00 bits per heavy atom. The molecular formula is C14H17N3O4. The van der Waals surface area contributed by atoms with E-state index in [1.165, 1.54) is 0 Å². The van der Waals surface area contributed by atoms with E-state index >= 15 is 0 Å². The lowest BCUT2D eigenvalue weighted by Crippen LogP contribution is -2.27. The fourth-order valence-corrected chi connectivity index (χ4v) is 1.75. The summed E-state index contributed by atoms with van der Waals surface area (Å²) in [6.45, 7) is 2.12. The molecule has 0 spiro atoms. The summed E-state index contributed by atoms with van der Waals surface area (Å²) >= 11 is 0. The van der Waals surface area contributed by atoms with Gasteiger partial charge in [-0.2, -0.15) is 0 Å². The molecule has 7 heteroatoms. The zero-order chi connectivity index (χ0) is 15.2. The second-order valence-corrected chi connectivity index (χ2v) is 4.33. The molecule has 7 nitrogen and oxygen atoms in total. The summed E-state index contributed by atoms with van der Waals surface area (Å²) in [5.41, 5.74) is 1.58. The number of aromatic nitrogens is 1. The van der Waals surface area contributed by atoms with Gasteiger partial charge in [-0.1, -0.05) is 11.2 Å². The average molecular weight is 291 g/mol. The number of carbonyl (C=O) groups excluding carboxylic acids is 1. The van der Waals surface area contributed by atoms with Crippen molar-refractivity contribution in [1.82, 2.24) is 10.5 Å². The third-order valence-electron chi connectivity index (χ3n) is 2.77. The molecule has 0 aliphatic heterocycles. The number of amides is 2. The molecular weight excluding hydrogens is 274 g/mol. The maximum absolute atomic E-state index is 11.7. The Hall–Kier alpha value is -2.70. The van der Waals surface area contributed by atoms with Gasteiger partial charge in [0.05, 0.1) is 19.9 Å². The van der Waals surface area contributed by atoms with Crippen molar-refractivity contribution in [1.29, 1.82) is 0 Å². The highest BCUT2D eigenvalue weighted by molar-refractivity contribution is 5.87. The predicted octanol–water partition coefficient (Wildman–Crippen LogP) is 2.32. The van der Waals surface area contributed by atoms with Crippen LogP contribution in [0.15, 0.2) is 28.8 Å². The second-order valence-electron chi connectivity index (χ2n) is 4.33. The summed E-state index contributed by atoms with van der Waals surface area (Å²) in [7, 11) is 3.14.